The fourth-order valence-electron chi connectivity index (χ4n) is 2.98. The molecule has 116 valence electrons. The summed E-state index contributed by atoms with van der Waals surface area (Å²) in [5.74, 6) is 1.71. The molecule has 0 radical (unpaired) electrons. The molecule has 0 amide bonds. The molecular formula is C19H22ClNO. The Bertz CT molecular complexity index is 594. The normalized spacial score (nSPS) is 15.7. The minimum absolute atomic E-state index is 0.740. The van der Waals surface area contributed by atoms with Crippen LogP contribution < -0.4 is 10.1 Å². The van der Waals surface area contributed by atoms with Gasteiger partial charge in [0, 0.05) is 10.6 Å². The van der Waals surface area contributed by atoms with E-state index in [2.05, 4.69) is 17.4 Å². The second-order valence-electron chi connectivity index (χ2n) is 5.84. The Kier molecular flexibility index (Phi) is 5.36. The molecule has 0 saturated carbocycles. The van der Waals surface area contributed by atoms with Gasteiger partial charge in [0.2, 0.25) is 0 Å². The van der Waals surface area contributed by atoms with Gasteiger partial charge in [-0.15, -0.1) is 0 Å². The Labute approximate surface area is 137 Å². The Hall–Kier alpha value is -1.51. The molecule has 1 fully saturated rings. The van der Waals surface area contributed by atoms with E-state index in [1.807, 2.05) is 36.4 Å². The molecule has 2 aromatic rings. The van der Waals surface area contributed by atoms with Crippen molar-refractivity contribution in [1.82, 2.24) is 5.32 Å². The van der Waals surface area contributed by atoms with Gasteiger partial charge in [0.05, 0.1) is 6.61 Å². The SMILES string of the molecule is Clc1ccc(OCCC2CCNCC2)c(-c2ccccc2)c1. The van der Waals surface area contributed by atoms with E-state index in [0.29, 0.717) is 0 Å². The second-order valence-corrected chi connectivity index (χ2v) is 6.27. The highest BCUT2D eigenvalue weighted by Gasteiger charge is 2.13. The molecule has 3 heteroatoms. The molecule has 0 bridgehead atoms. The Morgan fingerprint density at radius 2 is 1.82 bits per heavy atom. The molecule has 1 saturated heterocycles. The maximum absolute atomic E-state index is 6.16. The molecule has 1 aliphatic rings. The zero-order valence-electron chi connectivity index (χ0n) is 12.7. The van der Waals surface area contributed by atoms with Gasteiger partial charge in [-0.25, -0.2) is 0 Å². The van der Waals surface area contributed by atoms with Crippen molar-refractivity contribution >= 4 is 11.6 Å². The molecule has 0 unspecified atom stereocenters. The number of hydrogen-bond donors (Lipinski definition) is 1. The quantitative estimate of drug-likeness (QED) is 0.857. The van der Waals surface area contributed by atoms with Crippen molar-refractivity contribution in [2.45, 2.75) is 19.3 Å². The highest BCUT2D eigenvalue weighted by molar-refractivity contribution is 6.31. The third kappa shape index (κ3) is 4.02. The van der Waals surface area contributed by atoms with Crippen LogP contribution in [0.4, 0.5) is 0 Å². The van der Waals surface area contributed by atoms with Crippen LogP contribution in [0.3, 0.4) is 0 Å². The first-order valence-electron chi connectivity index (χ1n) is 8.01. The van der Waals surface area contributed by atoms with E-state index < -0.39 is 0 Å². The zero-order valence-corrected chi connectivity index (χ0v) is 13.5. The van der Waals surface area contributed by atoms with E-state index in [0.717, 1.165) is 53.9 Å². The molecule has 0 aromatic heterocycles. The van der Waals surface area contributed by atoms with Gasteiger partial charge in [-0.05, 0) is 62.0 Å². The van der Waals surface area contributed by atoms with Crippen molar-refractivity contribution in [3.05, 3.63) is 53.6 Å². The summed E-state index contributed by atoms with van der Waals surface area (Å²) in [5.41, 5.74) is 2.21. The lowest BCUT2D eigenvalue weighted by atomic mass is 9.95. The number of piperidine rings is 1. The van der Waals surface area contributed by atoms with Crippen molar-refractivity contribution in [1.29, 1.82) is 0 Å². The van der Waals surface area contributed by atoms with Crippen LogP contribution in [0.2, 0.25) is 5.02 Å². The summed E-state index contributed by atoms with van der Waals surface area (Å²) in [6.07, 6.45) is 3.64. The number of rotatable bonds is 5. The average molecular weight is 316 g/mol. The van der Waals surface area contributed by atoms with Gasteiger partial charge in [-0.3, -0.25) is 0 Å². The summed E-state index contributed by atoms with van der Waals surface area (Å²) in [7, 11) is 0. The minimum Gasteiger partial charge on any atom is -0.493 e. The van der Waals surface area contributed by atoms with Gasteiger partial charge in [0.15, 0.2) is 0 Å². The number of ether oxygens (including phenoxy) is 1. The molecule has 1 heterocycles. The van der Waals surface area contributed by atoms with Crippen LogP contribution in [0.25, 0.3) is 11.1 Å². The van der Waals surface area contributed by atoms with Crippen LogP contribution in [0.1, 0.15) is 19.3 Å². The first kappa shape index (κ1) is 15.4. The topological polar surface area (TPSA) is 21.3 Å². The van der Waals surface area contributed by atoms with Gasteiger partial charge in [-0.1, -0.05) is 41.9 Å². The summed E-state index contributed by atoms with van der Waals surface area (Å²) >= 11 is 6.16. The van der Waals surface area contributed by atoms with E-state index in [9.17, 15) is 0 Å². The molecule has 1 aliphatic heterocycles. The fourth-order valence-corrected chi connectivity index (χ4v) is 3.15. The predicted octanol–water partition coefficient (Wildman–Crippen LogP) is 4.78. The molecule has 0 aliphatic carbocycles. The molecule has 22 heavy (non-hydrogen) atoms. The van der Waals surface area contributed by atoms with Crippen molar-refractivity contribution in [2.75, 3.05) is 19.7 Å². The number of hydrogen-bond acceptors (Lipinski definition) is 2. The number of halogens is 1. The van der Waals surface area contributed by atoms with Crippen molar-refractivity contribution in [3.8, 4) is 16.9 Å². The highest BCUT2D eigenvalue weighted by Crippen LogP contribution is 2.33. The third-order valence-electron chi connectivity index (χ3n) is 4.27. The molecule has 1 N–H and O–H groups in total. The van der Waals surface area contributed by atoms with Crippen LogP contribution in [-0.4, -0.2) is 19.7 Å². The van der Waals surface area contributed by atoms with E-state index in [1.165, 1.54) is 12.8 Å². The van der Waals surface area contributed by atoms with Gasteiger partial charge in [0.1, 0.15) is 5.75 Å². The number of benzene rings is 2. The van der Waals surface area contributed by atoms with E-state index in [4.69, 9.17) is 16.3 Å². The first-order chi connectivity index (χ1) is 10.8. The molecular weight excluding hydrogens is 294 g/mol. The summed E-state index contributed by atoms with van der Waals surface area (Å²) < 4.78 is 6.07. The summed E-state index contributed by atoms with van der Waals surface area (Å²) in [6.45, 7) is 3.05. The standard InChI is InChI=1S/C19H22ClNO/c20-17-6-7-19(18(14-17)16-4-2-1-3-5-16)22-13-10-15-8-11-21-12-9-15/h1-7,14-15,21H,8-13H2. The van der Waals surface area contributed by atoms with E-state index >= 15 is 0 Å². The lowest BCUT2D eigenvalue weighted by molar-refractivity contribution is 0.252. The molecule has 0 atom stereocenters. The summed E-state index contributed by atoms with van der Waals surface area (Å²) in [5, 5.41) is 4.14. The van der Waals surface area contributed by atoms with Gasteiger partial charge in [0.25, 0.3) is 0 Å². The molecule has 2 aromatic carbocycles. The number of nitrogens with one attached hydrogen (secondary N) is 1. The highest BCUT2D eigenvalue weighted by atomic mass is 35.5. The van der Waals surface area contributed by atoms with Crippen molar-refractivity contribution in [2.24, 2.45) is 5.92 Å². The van der Waals surface area contributed by atoms with Gasteiger partial charge in [-0.2, -0.15) is 0 Å². The summed E-state index contributed by atoms with van der Waals surface area (Å²) in [6, 6.07) is 16.1. The Morgan fingerprint density at radius 1 is 1.05 bits per heavy atom. The first-order valence-corrected chi connectivity index (χ1v) is 8.39. The maximum Gasteiger partial charge on any atom is 0.127 e. The Balaban J connectivity index is 1.68. The second kappa shape index (κ2) is 7.66. The maximum atomic E-state index is 6.16. The molecule has 3 rings (SSSR count). The lowest BCUT2D eigenvalue weighted by Gasteiger charge is -2.22. The predicted molar refractivity (Wildman–Crippen MR) is 92.6 cm³/mol. The van der Waals surface area contributed by atoms with Crippen LogP contribution >= 0.6 is 11.6 Å². The van der Waals surface area contributed by atoms with Gasteiger partial charge < -0.3 is 10.1 Å². The van der Waals surface area contributed by atoms with Crippen LogP contribution in [0.15, 0.2) is 48.5 Å². The Morgan fingerprint density at radius 3 is 2.59 bits per heavy atom. The van der Waals surface area contributed by atoms with Crippen LogP contribution in [0, 0.1) is 5.92 Å². The molecule has 0 spiro atoms. The minimum atomic E-state index is 0.740. The lowest BCUT2D eigenvalue weighted by Crippen LogP contribution is -2.28. The molecule has 2 nitrogen and oxygen atoms in total. The smallest absolute Gasteiger partial charge is 0.127 e. The monoisotopic (exact) mass is 315 g/mol. The van der Waals surface area contributed by atoms with Crippen LogP contribution in [0.5, 0.6) is 5.75 Å². The van der Waals surface area contributed by atoms with Crippen molar-refractivity contribution in [3.63, 3.8) is 0 Å². The third-order valence-corrected chi connectivity index (χ3v) is 4.50. The largest absolute Gasteiger partial charge is 0.493 e. The zero-order chi connectivity index (χ0) is 15.2. The van der Waals surface area contributed by atoms with Crippen molar-refractivity contribution < 1.29 is 4.74 Å². The average Bonchev–Trinajstić information content (AvgIpc) is 2.58. The van der Waals surface area contributed by atoms with Crippen LogP contribution in [-0.2, 0) is 0 Å². The van der Waals surface area contributed by atoms with Gasteiger partial charge >= 0.3 is 0 Å². The fraction of sp³-hybridized carbons (Fsp3) is 0.368. The van der Waals surface area contributed by atoms with E-state index in [1.54, 1.807) is 0 Å². The van der Waals surface area contributed by atoms with E-state index in [-0.39, 0.29) is 0 Å². The summed E-state index contributed by atoms with van der Waals surface area (Å²) in [4.78, 5) is 0.